The zero-order valence-corrected chi connectivity index (χ0v) is 30.0. The SMILES string of the molecule is CC(C)c1cc(C(C)C)c(-c2[c-]c(-c3c(C(C)C)cc(C(C)C)cc3C(C)C)c(C(C)C)cc2C(C)C)c(C(C)C)c1. The van der Waals surface area contributed by atoms with Crippen molar-refractivity contribution >= 4 is 0 Å². The molecule has 0 aromatic heterocycles. The van der Waals surface area contributed by atoms with E-state index in [4.69, 9.17) is 0 Å². The zero-order chi connectivity index (χ0) is 31.8. The molecule has 0 atom stereocenters. The summed E-state index contributed by atoms with van der Waals surface area (Å²) in [5.41, 5.74) is 17.1. The van der Waals surface area contributed by atoms with E-state index >= 15 is 0 Å². The standard InChI is InChI=1S/C42H61/c1-23(2)31-17-35(27(9)10)41(36(18-31)28(11)12)39-22-40(34(26(7)8)21-33(39)25(5)6)42-37(29(13)14)19-32(24(3)4)20-38(42)30(15)16/h17-21,23-30H,1-16H3/q-1. The Hall–Kier alpha value is -2.34. The van der Waals surface area contributed by atoms with Gasteiger partial charge in [-0.2, -0.15) is 0 Å². The Morgan fingerprint density at radius 3 is 0.738 bits per heavy atom. The quantitative estimate of drug-likeness (QED) is 0.214. The van der Waals surface area contributed by atoms with Crippen molar-refractivity contribution in [1.82, 2.24) is 0 Å². The Balaban J connectivity index is 2.64. The molecule has 3 rings (SSSR count). The van der Waals surface area contributed by atoms with E-state index in [-0.39, 0.29) is 0 Å². The van der Waals surface area contributed by atoms with Crippen LogP contribution in [0.1, 0.15) is 203 Å². The molecule has 0 fully saturated rings. The van der Waals surface area contributed by atoms with E-state index in [2.05, 4.69) is 147 Å². The summed E-state index contributed by atoms with van der Waals surface area (Å²) >= 11 is 0. The molecule has 0 bridgehead atoms. The maximum Gasteiger partial charge on any atom is -0.0219 e. The maximum absolute atomic E-state index is 4.26. The minimum Gasteiger partial charge on any atom is -0.122 e. The summed E-state index contributed by atoms with van der Waals surface area (Å²) in [6, 6.07) is 16.8. The summed E-state index contributed by atoms with van der Waals surface area (Å²) in [6.07, 6.45) is 0. The molecule has 0 saturated carbocycles. The number of hydrogen-bond acceptors (Lipinski definition) is 0. The lowest BCUT2D eigenvalue weighted by molar-refractivity contribution is 0.800. The summed E-state index contributed by atoms with van der Waals surface area (Å²) in [7, 11) is 0. The Bertz CT molecular complexity index is 1210. The molecule has 42 heavy (non-hydrogen) atoms. The Labute approximate surface area is 260 Å². The van der Waals surface area contributed by atoms with Gasteiger partial charge < -0.3 is 0 Å². The Morgan fingerprint density at radius 2 is 0.548 bits per heavy atom. The second kappa shape index (κ2) is 13.5. The van der Waals surface area contributed by atoms with Crippen molar-refractivity contribution in [3.63, 3.8) is 0 Å². The highest BCUT2D eigenvalue weighted by Crippen LogP contribution is 2.47. The van der Waals surface area contributed by atoms with Crippen LogP contribution in [0.3, 0.4) is 0 Å². The van der Waals surface area contributed by atoms with Gasteiger partial charge in [0.15, 0.2) is 0 Å². The third-order valence-corrected chi connectivity index (χ3v) is 9.15. The van der Waals surface area contributed by atoms with Gasteiger partial charge in [0.1, 0.15) is 0 Å². The van der Waals surface area contributed by atoms with E-state index in [1.54, 1.807) is 0 Å². The van der Waals surface area contributed by atoms with Crippen LogP contribution in [0.15, 0.2) is 30.3 Å². The zero-order valence-electron chi connectivity index (χ0n) is 30.0. The van der Waals surface area contributed by atoms with Gasteiger partial charge in [-0.15, -0.1) is 34.4 Å². The van der Waals surface area contributed by atoms with Crippen LogP contribution in [0, 0.1) is 6.07 Å². The Morgan fingerprint density at radius 1 is 0.310 bits per heavy atom. The molecule has 0 heteroatoms. The van der Waals surface area contributed by atoms with Crippen LogP contribution < -0.4 is 0 Å². The summed E-state index contributed by atoms with van der Waals surface area (Å²) in [6.45, 7) is 37.7. The highest BCUT2D eigenvalue weighted by molar-refractivity contribution is 5.84. The van der Waals surface area contributed by atoms with Crippen molar-refractivity contribution in [3.05, 3.63) is 80.9 Å². The van der Waals surface area contributed by atoms with Crippen molar-refractivity contribution in [1.29, 1.82) is 0 Å². The van der Waals surface area contributed by atoms with Gasteiger partial charge in [-0.05, 0) is 58.5 Å². The minimum atomic E-state index is 0.407. The molecule has 0 spiro atoms. The molecule has 0 aliphatic rings. The second-order valence-corrected chi connectivity index (χ2v) is 15.3. The fourth-order valence-electron chi connectivity index (χ4n) is 6.39. The smallest absolute Gasteiger partial charge is 0.0219 e. The van der Waals surface area contributed by atoms with Gasteiger partial charge >= 0.3 is 0 Å². The molecule has 0 aliphatic carbocycles. The summed E-state index contributed by atoms with van der Waals surface area (Å²) < 4.78 is 0. The maximum atomic E-state index is 4.26. The van der Waals surface area contributed by atoms with E-state index in [9.17, 15) is 0 Å². The van der Waals surface area contributed by atoms with Gasteiger partial charge in [-0.25, -0.2) is 0 Å². The van der Waals surface area contributed by atoms with E-state index in [0.717, 1.165) is 0 Å². The molecule has 0 heterocycles. The van der Waals surface area contributed by atoms with Crippen LogP contribution >= 0.6 is 0 Å². The molecule has 0 nitrogen and oxygen atoms in total. The first kappa shape index (κ1) is 34.2. The van der Waals surface area contributed by atoms with Gasteiger partial charge in [-0.3, -0.25) is 0 Å². The average Bonchev–Trinajstić information content (AvgIpc) is 2.90. The Kier molecular flexibility index (Phi) is 11.0. The first-order valence-electron chi connectivity index (χ1n) is 16.9. The predicted molar refractivity (Wildman–Crippen MR) is 189 cm³/mol. The number of benzene rings is 3. The highest BCUT2D eigenvalue weighted by Gasteiger charge is 2.22. The van der Waals surface area contributed by atoms with Crippen LogP contribution in [-0.4, -0.2) is 0 Å². The van der Waals surface area contributed by atoms with E-state index in [1.807, 2.05) is 0 Å². The van der Waals surface area contributed by atoms with Gasteiger partial charge in [-0.1, -0.05) is 168 Å². The van der Waals surface area contributed by atoms with Crippen molar-refractivity contribution in [3.8, 4) is 22.3 Å². The predicted octanol–water partition coefficient (Wildman–Crippen LogP) is 13.8. The lowest BCUT2D eigenvalue weighted by atomic mass is 9.75. The largest absolute Gasteiger partial charge is 0.122 e. The van der Waals surface area contributed by atoms with E-state index < -0.39 is 0 Å². The molecule has 0 amide bonds. The first-order chi connectivity index (χ1) is 19.5. The fraction of sp³-hybridized carbons (Fsp3) is 0.571. The van der Waals surface area contributed by atoms with Crippen LogP contribution in [0.2, 0.25) is 0 Å². The molecular formula is C42H61-. The van der Waals surface area contributed by atoms with Crippen LogP contribution in [-0.2, 0) is 0 Å². The van der Waals surface area contributed by atoms with Crippen molar-refractivity contribution < 1.29 is 0 Å². The number of hydrogen-bond donors (Lipinski definition) is 0. The molecule has 230 valence electrons. The molecule has 0 radical (unpaired) electrons. The van der Waals surface area contributed by atoms with E-state index in [1.165, 1.54) is 66.8 Å². The van der Waals surface area contributed by atoms with Crippen LogP contribution in [0.5, 0.6) is 0 Å². The normalized spacial score (nSPS) is 12.6. The average molecular weight is 566 g/mol. The molecular weight excluding hydrogens is 504 g/mol. The van der Waals surface area contributed by atoms with Crippen molar-refractivity contribution in [2.75, 3.05) is 0 Å². The lowest BCUT2D eigenvalue weighted by Crippen LogP contribution is -2.09. The fourth-order valence-corrected chi connectivity index (χ4v) is 6.39. The molecule has 0 unspecified atom stereocenters. The summed E-state index contributed by atoms with van der Waals surface area (Å²) in [4.78, 5) is 0. The van der Waals surface area contributed by atoms with E-state index in [0.29, 0.717) is 47.3 Å². The highest BCUT2D eigenvalue weighted by atomic mass is 14.3. The van der Waals surface area contributed by atoms with Gasteiger partial charge in [0, 0.05) is 0 Å². The third-order valence-electron chi connectivity index (χ3n) is 9.15. The topological polar surface area (TPSA) is 0 Å². The van der Waals surface area contributed by atoms with Gasteiger partial charge in [0.05, 0.1) is 0 Å². The van der Waals surface area contributed by atoms with Crippen molar-refractivity contribution in [2.45, 2.75) is 158 Å². The van der Waals surface area contributed by atoms with Gasteiger partial charge in [0.25, 0.3) is 0 Å². The second-order valence-electron chi connectivity index (χ2n) is 15.3. The molecule has 3 aromatic rings. The molecule has 0 saturated heterocycles. The minimum absolute atomic E-state index is 0.407. The van der Waals surface area contributed by atoms with Crippen molar-refractivity contribution in [2.24, 2.45) is 0 Å². The molecule has 0 aliphatic heterocycles. The van der Waals surface area contributed by atoms with Crippen LogP contribution in [0.4, 0.5) is 0 Å². The third kappa shape index (κ3) is 6.90. The molecule has 0 N–H and O–H groups in total. The molecule has 3 aromatic carbocycles. The van der Waals surface area contributed by atoms with Crippen LogP contribution in [0.25, 0.3) is 22.3 Å². The van der Waals surface area contributed by atoms with Gasteiger partial charge in [0.2, 0.25) is 0 Å². The monoisotopic (exact) mass is 565 g/mol. The summed E-state index contributed by atoms with van der Waals surface area (Å²) in [5.74, 6) is 3.55. The number of rotatable bonds is 10. The summed E-state index contributed by atoms with van der Waals surface area (Å²) in [5, 5.41) is 0. The first-order valence-corrected chi connectivity index (χ1v) is 16.9. The lowest BCUT2D eigenvalue weighted by Gasteiger charge is -2.34.